The summed E-state index contributed by atoms with van der Waals surface area (Å²) in [5.74, 6) is 0.868. The molecule has 0 unspecified atom stereocenters. The molecule has 0 atom stereocenters. The Morgan fingerprint density at radius 2 is 1.56 bits per heavy atom. The standard InChI is InChI=1S/C26H30N2O5S/c1-19-5-8-22(9-6-19)28(34(30,31)24-12-10-23(32-4)11-13-24)18-26(29)27-15-16-33-25-14-7-20(2)17-21(25)3/h5-14,17H,15-16,18H2,1-4H3,(H,27,29). The fourth-order valence-corrected chi connectivity index (χ4v) is 4.82. The average molecular weight is 483 g/mol. The fraction of sp³-hybridized carbons (Fsp3) is 0.269. The Morgan fingerprint density at radius 3 is 2.18 bits per heavy atom. The van der Waals surface area contributed by atoms with Gasteiger partial charge in [0.25, 0.3) is 10.0 Å². The zero-order valence-electron chi connectivity index (χ0n) is 19.9. The van der Waals surface area contributed by atoms with E-state index in [4.69, 9.17) is 9.47 Å². The number of benzene rings is 3. The van der Waals surface area contributed by atoms with Crippen LogP contribution in [0.3, 0.4) is 0 Å². The van der Waals surface area contributed by atoms with E-state index in [1.165, 1.54) is 19.2 Å². The molecule has 0 aliphatic heterocycles. The fourth-order valence-electron chi connectivity index (χ4n) is 3.40. The molecule has 7 nitrogen and oxygen atoms in total. The molecule has 0 saturated carbocycles. The van der Waals surface area contributed by atoms with E-state index in [1.807, 2.05) is 51.1 Å². The van der Waals surface area contributed by atoms with Gasteiger partial charge in [-0.15, -0.1) is 0 Å². The van der Waals surface area contributed by atoms with E-state index >= 15 is 0 Å². The highest BCUT2D eigenvalue weighted by atomic mass is 32.2. The first-order valence-corrected chi connectivity index (χ1v) is 12.3. The third kappa shape index (κ3) is 6.29. The van der Waals surface area contributed by atoms with Crippen LogP contribution in [0.25, 0.3) is 0 Å². The van der Waals surface area contributed by atoms with Gasteiger partial charge in [0.05, 0.1) is 24.2 Å². The molecule has 0 heterocycles. The van der Waals surface area contributed by atoms with Crippen molar-refractivity contribution in [1.29, 1.82) is 0 Å². The van der Waals surface area contributed by atoms with Gasteiger partial charge in [0, 0.05) is 0 Å². The monoisotopic (exact) mass is 482 g/mol. The van der Waals surface area contributed by atoms with E-state index in [1.54, 1.807) is 24.3 Å². The number of ether oxygens (including phenoxy) is 2. The van der Waals surface area contributed by atoms with Crippen LogP contribution >= 0.6 is 0 Å². The number of hydrogen-bond donors (Lipinski definition) is 1. The maximum absolute atomic E-state index is 13.4. The number of aryl methyl sites for hydroxylation is 3. The molecule has 1 amide bonds. The summed E-state index contributed by atoms with van der Waals surface area (Å²) in [5, 5.41) is 2.75. The first-order chi connectivity index (χ1) is 16.2. The van der Waals surface area contributed by atoms with Crippen molar-refractivity contribution in [3.8, 4) is 11.5 Å². The number of methoxy groups -OCH3 is 1. The maximum Gasteiger partial charge on any atom is 0.264 e. The van der Waals surface area contributed by atoms with Gasteiger partial charge in [-0.1, -0.05) is 35.4 Å². The average Bonchev–Trinajstić information content (AvgIpc) is 2.82. The second kappa shape index (κ2) is 11.1. The van der Waals surface area contributed by atoms with E-state index in [-0.39, 0.29) is 24.6 Å². The number of nitrogens with one attached hydrogen (secondary N) is 1. The van der Waals surface area contributed by atoms with Crippen molar-refractivity contribution in [2.45, 2.75) is 25.7 Å². The lowest BCUT2D eigenvalue weighted by Crippen LogP contribution is -2.41. The van der Waals surface area contributed by atoms with Crippen molar-refractivity contribution in [2.75, 3.05) is 31.1 Å². The number of amides is 1. The van der Waals surface area contributed by atoms with Gasteiger partial charge in [-0.3, -0.25) is 9.10 Å². The Morgan fingerprint density at radius 1 is 0.912 bits per heavy atom. The molecule has 3 aromatic rings. The molecule has 0 fully saturated rings. The number of anilines is 1. The van der Waals surface area contributed by atoms with Crippen LogP contribution in [0.2, 0.25) is 0 Å². The van der Waals surface area contributed by atoms with Crippen LogP contribution < -0.4 is 19.1 Å². The lowest BCUT2D eigenvalue weighted by Gasteiger charge is -2.24. The van der Waals surface area contributed by atoms with E-state index in [0.717, 1.165) is 26.7 Å². The minimum Gasteiger partial charge on any atom is -0.497 e. The molecule has 0 aliphatic rings. The second-order valence-electron chi connectivity index (χ2n) is 7.99. The van der Waals surface area contributed by atoms with Gasteiger partial charge in [0.1, 0.15) is 24.7 Å². The number of hydrogen-bond acceptors (Lipinski definition) is 5. The number of nitrogens with zero attached hydrogens (tertiary/aromatic N) is 1. The SMILES string of the molecule is COc1ccc(S(=O)(=O)N(CC(=O)NCCOc2ccc(C)cc2C)c2ccc(C)cc2)cc1. The smallest absolute Gasteiger partial charge is 0.264 e. The lowest BCUT2D eigenvalue weighted by molar-refractivity contribution is -0.119. The van der Waals surface area contributed by atoms with Gasteiger partial charge in [-0.2, -0.15) is 0 Å². The van der Waals surface area contributed by atoms with Crippen LogP contribution in [0.4, 0.5) is 5.69 Å². The quantitative estimate of drug-likeness (QED) is 0.442. The van der Waals surface area contributed by atoms with Gasteiger partial charge in [0.15, 0.2) is 0 Å². The normalized spacial score (nSPS) is 11.1. The van der Waals surface area contributed by atoms with Crippen LogP contribution in [0.5, 0.6) is 11.5 Å². The Kier molecular flexibility index (Phi) is 8.17. The molecule has 3 rings (SSSR count). The van der Waals surface area contributed by atoms with Crippen molar-refractivity contribution < 1.29 is 22.7 Å². The first-order valence-electron chi connectivity index (χ1n) is 10.9. The van der Waals surface area contributed by atoms with Crippen LogP contribution in [-0.2, 0) is 14.8 Å². The molecule has 0 saturated heterocycles. The molecular weight excluding hydrogens is 452 g/mol. The molecular formula is C26H30N2O5S. The summed E-state index contributed by atoms with van der Waals surface area (Å²) in [4.78, 5) is 12.8. The number of sulfonamides is 1. The molecule has 0 aromatic heterocycles. The lowest BCUT2D eigenvalue weighted by atomic mass is 10.1. The van der Waals surface area contributed by atoms with E-state index in [0.29, 0.717) is 11.4 Å². The Bertz CT molecular complexity index is 1220. The van der Waals surface area contributed by atoms with Crippen LogP contribution in [0.1, 0.15) is 16.7 Å². The summed E-state index contributed by atoms with van der Waals surface area (Å²) < 4.78 is 38.8. The minimum atomic E-state index is -3.98. The largest absolute Gasteiger partial charge is 0.497 e. The zero-order valence-corrected chi connectivity index (χ0v) is 20.7. The van der Waals surface area contributed by atoms with Crippen molar-refractivity contribution in [3.63, 3.8) is 0 Å². The van der Waals surface area contributed by atoms with E-state index in [9.17, 15) is 13.2 Å². The molecule has 0 spiro atoms. The van der Waals surface area contributed by atoms with Crippen molar-refractivity contribution >= 4 is 21.6 Å². The Hall–Kier alpha value is -3.52. The van der Waals surface area contributed by atoms with Gasteiger partial charge in [-0.05, 0) is 68.8 Å². The highest BCUT2D eigenvalue weighted by Crippen LogP contribution is 2.25. The Balaban J connectivity index is 1.70. The molecule has 0 radical (unpaired) electrons. The Labute approximate surface area is 201 Å². The molecule has 34 heavy (non-hydrogen) atoms. The predicted molar refractivity (Wildman–Crippen MR) is 133 cm³/mol. The highest BCUT2D eigenvalue weighted by molar-refractivity contribution is 7.92. The summed E-state index contributed by atoms with van der Waals surface area (Å²) in [6.45, 7) is 6.04. The van der Waals surface area contributed by atoms with E-state index < -0.39 is 15.9 Å². The third-order valence-electron chi connectivity index (χ3n) is 5.27. The summed E-state index contributed by atoms with van der Waals surface area (Å²) in [6.07, 6.45) is 0. The maximum atomic E-state index is 13.4. The van der Waals surface area contributed by atoms with Crippen LogP contribution in [0, 0.1) is 20.8 Å². The zero-order chi connectivity index (χ0) is 24.7. The second-order valence-corrected chi connectivity index (χ2v) is 9.85. The molecule has 180 valence electrons. The van der Waals surface area contributed by atoms with Crippen LogP contribution in [-0.4, -0.2) is 41.1 Å². The van der Waals surface area contributed by atoms with E-state index in [2.05, 4.69) is 5.32 Å². The third-order valence-corrected chi connectivity index (χ3v) is 7.06. The number of carbonyl (C=O) groups is 1. The topological polar surface area (TPSA) is 84.9 Å². The molecule has 0 aliphatic carbocycles. The molecule has 1 N–H and O–H groups in total. The van der Waals surface area contributed by atoms with Crippen molar-refractivity contribution in [2.24, 2.45) is 0 Å². The van der Waals surface area contributed by atoms with Gasteiger partial charge in [-0.25, -0.2) is 8.42 Å². The van der Waals surface area contributed by atoms with Crippen molar-refractivity contribution in [1.82, 2.24) is 5.32 Å². The summed E-state index contributed by atoms with van der Waals surface area (Å²) in [5.41, 5.74) is 3.55. The molecule has 0 bridgehead atoms. The van der Waals surface area contributed by atoms with Crippen molar-refractivity contribution in [3.05, 3.63) is 83.4 Å². The molecule has 8 heteroatoms. The summed E-state index contributed by atoms with van der Waals surface area (Å²) in [6, 6.07) is 18.9. The number of rotatable bonds is 10. The first kappa shape index (κ1) is 25.1. The predicted octanol–water partition coefficient (Wildman–Crippen LogP) is 4.01. The summed E-state index contributed by atoms with van der Waals surface area (Å²) >= 11 is 0. The van der Waals surface area contributed by atoms with Crippen LogP contribution in [0.15, 0.2) is 71.6 Å². The highest BCUT2D eigenvalue weighted by Gasteiger charge is 2.27. The summed E-state index contributed by atoms with van der Waals surface area (Å²) in [7, 11) is -2.47. The molecule has 3 aromatic carbocycles. The van der Waals surface area contributed by atoms with Gasteiger partial charge >= 0.3 is 0 Å². The minimum absolute atomic E-state index is 0.0693. The number of carbonyl (C=O) groups excluding carboxylic acids is 1. The van der Waals surface area contributed by atoms with Gasteiger partial charge in [0.2, 0.25) is 5.91 Å². The van der Waals surface area contributed by atoms with Gasteiger partial charge < -0.3 is 14.8 Å².